The van der Waals surface area contributed by atoms with Crippen molar-refractivity contribution in [2.75, 3.05) is 19.5 Å². The summed E-state index contributed by atoms with van der Waals surface area (Å²) < 4.78 is 13.0. The van der Waals surface area contributed by atoms with Crippen molar-refractivity contribution in [1.82, 2.24) is 14.1 Å². The van der Waals surface area contributed by atoms with Crippen LogP contribution in [-0.4, -0.2) is 34.2 Å². The lowest BCUT2D eigenvalue weighted by Gasteiger charge is -2.14. The lowest BCUT2D eigenvalue weighted by Crippen LogP contribution is -2.42. The highest BCUT2D eigenvalue weighted by atomic mass is 16.5. The number of aromatic nitrogens is 3. The Morgan fingerprint density at radius 2 is 1.67 bits per heavy atom. The van der Waals surface area contributed by atoms with E-state index in [1.165, 1.54) is 10.8 Å². The molecule has 4 aromatic rings. The fourth-order valence-electron chi connectivity index (χ4n) is 4.04. The van der Waals surface area contributed by atoms with Crippen molar-refractivity contribution >= 4 is 22.6 Å². The molecule has 9 heteroatoms. The zero-order chi connectivity index (χ0) is 25.7. The summed E-state index contributed by atoms with van der Waals surface area (Å²) in [7, 11) is 3.10. The van der Waals surface area contributed by atoms with E-state index in [1.54, 1.807) is 38.5 Å². The quantitative estimate of drug-likeness (QED) is 0.388. The normalized spacial score (nSPS) is 10.9. The van der Waals surface area contributed by atoms with Gasteiger partial charge in [-0.1, -0.05) is 25.1 Å². The fraction of sp³-hybridized carbons (Fsp3) is 0.259. The highest BCUT2D eigenvalue weighted by Gasteiger charge is 2.17. The molecule has 0 radical (unpaired) electrons. The topological polar surface area (TPSA) is 104 Å². The molecule has 2 aromatic heterocycles. The Balaban J connectivity index is 1.64. The molecule has 0 spiro atoms. The number of pyridine rings is 1. The molecule has 0 saturated heterocycles. The van der Waals surface area contributed by atoms with Crippen LogP contribution in [0.4, 0.5) is 5.69 Å². The molecule has 0 aliphatic rings. The number of nitrogens with one attached hydrogen (secondary N) is 1. The molecule has 36 heavy (non-hydrogen) atoms. The highest BCUT2D eigenvalue weighted by Crippen LogP contribution is 2.27. The van der Waals surface area contributed by atoms with Crippen LogP contribution in [-0.2, 0) is 30.7 Å². The number of nitrogens with zero attached hydrogens (tertiary/aromatic N) is 3. The van der Waals surface area contributed by atoms with E-state index >= 15 is 0 Å². The van der Waals surface area contributed by atoms with Crippen LogP contribution >= 0.6 is 0 Å². The minimum atomic E-state index is -0.572. The molecular weight excluding hydrogens is 460 g/mol. The van der Waals surface area contributed by atoms with Crippen molar-refractivity contribution in [2.24, 2.45) is 0 Å². The van der Waals surface area contributed by atoms with Crippen LogP contribution in [0.15, 0.2) is 70.4 Å². The summed E-state index contributed by atoms with van der Waals surface area (Å²) in [5.74, 6) is 0.770. The second kappa shape index (κ2) is 10.9. The first kappa shape index (κ1) is 24.7. The monoisotopic (exact) mass is 488 g/mol. The fourth-order valence-corrected chi connectivity index (χ4v) is 4.04. The summed E-state index contributed by atoms with van der Waals surface area (Å²) in [4.78, 5) is 43.6. The van der Waals surface area contributed by atoms with Crippen molar-refractivity contribution in [3.8, 4) is 11.5 Å². The van der Waals surface area contributed by atoms with E-state index in [1.807, 2.05) is 30.3 Å². The number of rotatable bonds is 9. The van der Waals surface area contributed by atoms with Crippen molar-refractivity contribution in [1.29, 1.82) is 0 Å². The SMILES string of the molecule is CCc1ccc(NC(=O)Cn2c(=O)n(CCc3ccc(OC)c(OC)c3)c(=O)c3ncccc32)cc1. The van der Waals surface area contributed by atoms with Crippen LogP contribution in [0.5, 0.6) is 11.5 Å². The molecule has 186 valence electrons. The number of ether oxygens (including phenoxy) is 2. The standard InChI is InChI=1S/C27H28N4O5/c1-4-18-7-10-20(11-8-18)29-24(32)17-31-21-6-5-14-28-25(21)26(33)30(27(31)34)15-13-19-9-12-22(35-2)23(16-19)36-3/h5-12,14,16H,4,13,15,17H2,1-3H3,(H,29,32). The zero-order valence-corrected chi connectivity index (χ0v) is 20.5. The Hall–Kier alpha value is -4.40. The van der Waals surface area contributed by atoms with E-state index in [2.05, 4.69) is 17.2 Å². The molecule has 0 saturated carbocycles. The van der Waals surface area contributed by atoms with Crippen LogP contribution in [0, 0.1) is 0 Å². The van der Waals surface area contributed by atoms with E-state index in [-0.39, 0.29) is 24.5 Å². The van der Waals surface area contributed by atoms with Gasteiger partial charge in [-0.2, -0.15) is 0 Å². The maximum atomic E-state index is 13.4. The summed E-state index contributed by atoms with van der Waals surface area (Å²) in [6, 6.07) is 16.2. The number of fused-ring (bicyclic) bond motifs is 1. The van der Waals surface area contributed by atoms with Crippen molar-refractivity contribution in [3.05, 3.63) is 92.8 Å². The summed E-state index contributed by atoms with van der Waals surface area (Å²) in [5, 5.41) is 2.82. The van der Waals surface area contributed by atoms with Gasteiger partial charge in [0.05, 0.1) is 19.7 Å². The van der Waals surface area contributed by atoms with Crippen molar-refractivity contribution < 1.29 is 14.3 Å². The number of aryl methyl sites for hydroxylation is 2. The van der Waals surface area contributed by atoms with Crippen LogP contribution < -0.4 is 26.0 Å². The number of methoxy groups -OCH3 is 2. The third kappa shape index (κ3) is 5.14. The van der Waals surface area contributed by atoms with Gasteiger partial charge in [0, 0.05) is 18.4 Å². The number of hydrogen-bond acceptors (Lipinski definition) is 6. The molecule has 1 N–H and O–H groups in total. The Morgan fingerprint density at radius 1 is 0.944 bits per heavy atom. The van der Waals surface area contributed by atoms with Crippen LogP contribution in [0.2, 0.25) is 0 Å². The van der Waals surface area contributed by atoms with E-state index < -0.39 is 11.2 Å². The van der Waals surface area contributed by atoms with Gasteiger partial charge < -0.3 is 14.8 Å². The van der Waals surface area contributed by atoms with Crippen LogP contribution in [0.1, 0.15) is 18.1 Å². The Morgan fingerprint density at radius 3 is 2.36 bits per heavy atom. The van der Waals surface area contributed by atoms with Gasteiger partial charge in [-0.15, -0.1) is 0 Å². The molecule has 2 heterocycles. The molecule has 9 nitrogen and oxygen atoms in total. The van der Waals surface area contributed by atoms with Gasteiger partial charge in [0.15, 0.2) is 17.0 Å². The van der Waals surface area contributed by atoms with Gasteiger partial charge in [0.2, 0.25) is 5.91 Å². The maximum absolute atomic E-state index is 13.4. The zero-order valence-electron chi connectivity index (χ0n) is 20.5. The van der Waals surface area contributed by atoms with Crippen molar-refractivity contribution in [2.45, 2.75) is 32.9 Å². The van der Waals surface area contributed by atoms with Gasteiger partial charge in [-0.3, -0.25) is 18.7 Å². The molecule has 0 aliphatic carbocycles. The summed E-state index contributed by atoms with van der Waals surface area (Å²) in [6.07, 6.45) is 2.78. The number of benzene rings is 2. The average Bonchev–Trinajstić information content (AvgIpc) is 2.91. The second-order valence-corrected chi connectivity index (χ2v) is 8.23. The van der Waals surface area contributed by atoms with Gasteiger partial charge >= 0.3 is 5.69 Å². The van der Waals surface area contributed by atoms with E-state index in [9.17, 15) is 14.4 Å². The summed E-state index contributed by atoms with van der Waals surface area (Å²) in [5.41, 5.74) is 2.02. The predicted molar refractivity (Wildman–Crippen MR) is 138 cm³/mol. The van der Waals surface area contributed by atoms with Crippen LogP contribution in [0.25, 0.3) is 11.0 Å². The van der Waals surface area contributed by atoms with E-state index in [0.29, 0.717) is 29.1 Å². The summed E-state index contributed by atoms with van der Waals surface area (Å²) >= 11 is 0. The smallest absolute Gasteiger partial charge is 0.332 e. The number of amides is 1. The minimum Gasteiger partial charge on any atom is -0.493 e. The largest absolute Gasteiger partial charge is 0.493 e. The molecule has 0 atom stereocenters. The Bertz CT molecular complexity index is 1510. The molecule has 4 rings (SSSR count). The van der Waals surface area contributed by atoms with Gasteiger partial charge in [-0.05, 0) is 60.4 Å². The van der Waals surface area contributed by atoms with Gasteiger partial charge in [0.1, 0.15) is 6.54 Å². The number of hydrogen-bond donors (Lipinski definition) is 1. The molecule has 1 amide bonds. The molecule has 0 bridgehead atoms. The number of carbonyl (C=O) groups is 1. The first-order valence-corrected chi connectivity index (χ1v) is 11.6. The molecular formula is C27H28N4O5. The lowest BCUT2D eigenvalue weighted by molar-refractivity contribution is -0.116. The van der Waals surface area contributed by atoms with Crippen LogP contribution in [0.3, 0.4) is 0 Å². The van der Waals surface area contributed by atoms with Gasteiger partial charge in [-0.25, -0.2) is 9.78 Å². The number of carbonyl (C=O) groups excluding carboxylic acids is 1. The van der Waals surface area contributed by atoms with E-state index in [0.717, 1.165) is 22.1 Å². The lowest BCUT2D eigenvalue weighted by atomic mass is 10.1. The first-order valence-electron chi connectivity index (χ1n) is 11.6. The Labute approximate surface area is 207 Å². The van der Waals surface area contributed by atoms with Crippen molar-refractivity contribution in [3.63, 3.8) is 0 Å². The third-order valence-electron chi connectivity index (χ3n) is 6.01. The Kier molecular flexibility index (Phi) is 7.48. The molecule has 0 fully saturated rings. The maximum Gasteiger partial charge on any atom is 0.332 e. The number of anilines is 1. The van der Waals surface area contributed by atoms with Gasteiger partial charge in [0.25, 0.3) is 5.56 Å². The molecule has 2 aromatic carbocycles. The average molecular weight is 489 g/mol. The summed E-state index contributed by atoms with van der Waals surface area (Å²) in [6.45, 7) is 1.91. The molecule has 0 unspecified atom stereocenters. The minimum absolute atomic E-state index is 0.111. The highest BCUT2D eigenvalue weighted by molar-refractivity contribution is 5.91. The third-order valence-corrected chi connectivity index (χ3v) is 6.01. The second-order valence-electron chi connectivity index (χ2n) is 8.23. The first-order chi connectivity index (χ1) is 17.4. The molecule has 0 aliphatic heterocycles. The van der Waals surface area contributed by atoms with E-state index in [4.69, 9.17) is 9.47 Å². The predicted octanol–water partition coefficient (Wildman–Crippen LogP) is 3.02.